The minimum atomic E-state index is -1.35. The van der Waals surface area contributed by atoms with E-state index in [2.05, 4.69) is 20.6 Å². The molecule has 0 aliphatic heterocycles. The number of aliphatic hydroxyl groups is 1. The Morgan fingerprint density at radius 3 is 2.40 bits per heavy atom. The summed E-state index contributed by atoms with van der Waals surface area (Å²) in [5.41, 5.74) is 1.43. The molecule has 0 saturated heterocycles. The van der Waals surface area contributed by atoms with Crippen molar-refractivity contribution in [1.82, 2.24) is 20.0 Å². The molecule has 0 aliphatic rings. The number of aliphatic hydroxyl groups excluding tert-OH is 1. The molecule has 3 aromatic rings. The van der Waals surface area contributed by atoms with Crippen LogP contribution in [0.3, 0.4) is 0 Å². The van der Waals surface area contributed by atoms with Gasteiger partial charge in [-0.05, 0) is 44.2 Å². The van der Waals surface area contributed by atoms with E-state index in [0.29, 0.717) is 11.6 Å². The van der Waals surface area contributed by atoms with Crippen LogP contribution in [0.1, 0.15) is 23.1 Å². The van der Waals surface area contributed by atoms with E-state index >= 15 is 0 Å². The number of hydrogen-bond acceptors (Lipinski definition) is 5. The molecule has 0 spiro atoms. The molecule has 2 aromatic heterocycles. The highest BCUT2D eigenvalue weighted by Crippen LogP contribution is 2.21. The van der Waals surface area contributed by atoms with E-state index in [-0.39, 0.29) is 12.1 Å². The zero-order chi connectivity index (χ0) is 18.0. The molecular formula is C17H17F2N5O. The fraction of sp³-hybridized carbons (Fsp3) is 0.235. The number of aromatic nitrogens is 4. The molecule has 1 aromatic carbocycles. The van der Waals surface area contributed by atoms with Crippen LogP contribution in [0.25, 0.3) is 5.82 Å². The first-order valence-corrected chi connectivity index (χ1v) is 7.69. The Kier molecular flexibility index (Phi) is 4.71. The molecule has 3 rings (SSSR count). The molecule has 0 saturated carbocycles. The molecule has 130 valence electrons. The highest BCUT2D eigenvalue weighted by Gasteiger charge is 2.17. The van der Waals surface area contributed by atoms with Crippen molar-refractivity contribution in [2.75, 3.05) is 11.9 Å². The van der Waals surface area contributed by atoms with Gasteiger partial charge in [-0.25, -0.2) is 13.5 Å². The standard InChI is InChI=1S/C17H17F2N5O/c1-10-8-11(2)24(23-10)16-7-6-15(21-22-16)20-9-14(25)17-12(18)4-3-5-13(17)19/h3-8,14,25H,9H2,1-2H3,(H,20,21). The van der Waals surface area contributed by atoms with Gasteiger partial charge in [0.1, 0.15) is 23.6 Å². The van der Waals surface area contributed by atoms with Crippen molar-refractivity contribution in [3.8, 4) is 5.82 Å². The fourth-order valence-electron chi connectivity index (χ4n) is 2.53. The van der Waals surface area contributed by atoms with Crippen molar-refractivity contribution in [2.24, 2.45) is 0 Å². The fourth-order valence-corrected chi connectivity index (χ4v) is 2.53. The number of rotatable bonds is 5. The van der Waals surface area contributed by atoms with E-state index in [1.54, 1.807) is 16.8 Å². The number of halogens is 2. The highest BCUT2D eigenvalue weighted by molar-refractivity contribution is 5.37. The normalized spacial score (nSPS) is 12.2. The Morgan fingerprint density at radius 1 is 1.12 bits per heavy atom. The van der Waals surface area contributed by atoms with Gasteiger partial charge in [-0.15, -0.1) is 10.2 Å². The first-order valence-electron chi connectivity index (χ1n) is 7.69. The molecule has 6 nitrogen and oxygen atoms in total. The van der Waals surface area contributed by atoms with Gasteiger partial charge in [0.25, 0.3) is 0 Å². The van der Waals surface area contributed by atoms with Crippen LogP contribution < -0.4 is 5.32 Å². The number of hydrogen-bond donors (Lipinski definition) is 2. The van der Waals surface area contributed by atoms with Crippen molar-refractivity contribution in [2.45, 2.75) is 20.0 Å². The molecule has 8 heteroatoms. The monoisotopic (exact) mass is 345 g/mol. The van der Waals surface area contributed by atoms with Gasteiger partial charge < -0.3 is 10.4 Å². The Labute approximate surface area is 143 Å². The van der Waals surface area contributed by atoms with Crippen LogP contribution in [0.15, 0.2) is 36.4 Å². The van der Waals surface area contributed by atoms with Gasteiger partial charge in [0.2, 0.25) is 0 Å². The largest absolute Gasteiger partial charge is 0.386 e. The molecule has 1 unspecified atom stereocenters. The zero-order valence-electron chi connectivity index (χ0n) is 13.7. The summed E-state index contributed by atoms with van der Waals surface area (Å²) in [7, 11) is 0. The molecule has 2 N–H and O–H groups in total. The van der Waals surface area contributed by atoms with Crippen molar-refractivity contribution < 1.29 is 13.9 Å². The quantitative estimate of drug-likeness (QED) is 0.744. The molecule has 0 radical (unpaired) electrons. The van der Waals surface area contributed by atoms with Gasteiger partial charge >= 0.3 is 0 Å². The SMILES string of the molecule is Cc1cc(C)n(-c2ccc(NCC(O)c3c(F)cccc3F)nn2)n1. The summed E-state index contributed by atoms with van der Waals surface area (Å²) < 4.78 is 28.9. The average Bonchev–Trinajstić information content (AvgIpc) is 2.91. The Morgan fingerprint density at radius 2 is 1.84 bits per heavy atom. The van der Waals surface area contributed by atoms with Gasteiger partial charge in [-0.2, -0.15) is 5.10 Å². The predicted octanol–water partition coefficient (Wildman–Crippen LogP) is 2.70. The lowest BCUT2D eigenvalue weighted by molar-refractivity contribution is 0.181. The van der Waals surface area contributed by atoms with Crippen LogP contribution in [-0.2, 0) is 0 Å². The molecule has 2 heterocycles. The van der Waals surface area contributed by atoms with Gasteiger partial charge in [-0.1, -0.05) is 6.07 Å². The van der Waals surface area contributed by atoms with Crippen LogP contribution in [0.5, 0.6) is 0 Å². The lowest BCUT2D eigenvalue weighted by atomic mass is 10.1. The number of nitrogens with zero attached hydrogens (tertiary/aromatic N) is 4. The molecule has 0 amide bonds. The second-order valence-corrected chi connectivity index (χ2v) is 5.65. The smallest absolute Gasteiger partial charge is 0.176 e. The molecule has 0 aliphatic carbocycles. The predicted molar refractivity (Wildman–Crippen MR) is 88.4 cm³/mol. The Balaban J connectivity index is 1.69. The van der Waals surface area contributed by atoms with Crippen LogP contribution in [0, 0.1) is 25.5 Å². The van der Waals surface area contributed by atoms with Crippen LogP contribution in [0.4, 0.5) is 14.6 Å². The van der Waals surface area contributed by atoms with Crippen molar-refractivity contribution in [1.29, 1.82) is 0 Å². The summed E-state index contributed by atoms with van der Waals surface area (Å²) in [6.07, 6.45) is -1.35. The van der Waals surface area contributed by atoms with E-state index in [1.165, 1.54) is 6.07 Å². The number of benzene rings is 1. The lowest BCUT2D eigenvalue weighted by Gasteiger charge is -2.14. The van der Waals surface area contributed by atoms with Gasteiger partial charge in [-0.3, -0.25) is 0 Å². The van der Waals surface area contributed by atoms with Crippen molar-refractivity contribution >= 4 is 5.82 Å². The topological polar surface area (TPSA) is 75.9 Å². The van der Waals surface area contributed by atoms with E-state index in [4.69, 9.17) is 0 Å². The number of anilines is 1. The van der Waals surface area contributed by atoms with E-state index in [9.17, 15) is 13.9 Å². The van der Waals surface area contributed by atoms with Gasteiger partial charge in [0.05, 0.1) is 11.3 Å². The first-order chi connectivity index (χ1) is 12.0. The van der Waals surface area contributed by atoms with Crippen LogP contribution in [-0.4, -0.2) is 31.6 Å². The zero-order valence-corrected chi connectivity index (χ0v) is 13.7. The van der Waals surface area contributed by atoms with Gasteiger partial charge in [0.15, 0.2) is 5.82 Å². The summed E-state index contributed by atoms with van der Waals surface area (Å²) >= 11 is 0. The minimum absolute atomic E-state index is 0.105. The third-order valence-corrected chi connectivity index (χ3v) is 3.69. The summed E-state index contributed by atoms with van der Waals surface area (Å²) in [6.45, 7) is 3.69. The lowest BCUT2D eigenvalue weighted by Crippen LogP contribution is -2.16. The van der Waals surface area contributed by atoms with Crippen molar-refractivity contribution in [3.63, 3.8) is 0 Å². The summed E-state index contributed by atoms with van der Waals surface area (Å²) in [5.74, 6) is -0.654. The molecule has 25 heavy (non-hydrogen) atoms. The maximum atomic E-state index is 13.6. The van der Waals surface area contributed by atoms with Gasteiger partial charge in [0, 0.05) is 12.2 Å². The van der Waals surface area contributed by atoms with E-state index in [1.807, 2.05) is 19.9 Å². The minimum Gasteiger partial charge on any atom is -0.386 e. The molecular weight excluding hydrogens is 328 g/mol. The third-order valence-electron chi connectivity index (χ3n) is 3.69. The average molecular weight is 345 g/mol. The van der Waals surface area contributed by atoms with Crippen molar-refractivity contribution in [3.05, 3.63) is 65.0 Å². The van der Waals surface area contributed by atoms with Crippen LogP contribution >= 0.6 is 0 Å². The number of nitrogens with one attached hydrogen (secondary N) is 1. The first kappa shape index (κ1) is 17.0. The Hall–Kier alpha value is -2.87. The van der Waals surface area contributed by atoms with E-state index < -0.39 is 17.7 Å². The Bertz CT molecular complexity index is 859. The van der Waals surface area contributed by atoms with E-state index in [0.717, 1.165) is 23.5 Å². The molecule has 0 fully saturated rings. The highest BCUT2D eigenvalue weighted by atomic mass is 19.1. The summed E-state index contributed by atoms with van der Waals surface area (Å²) in [5, 5.41) is 25.2. The maximum absolute atomic E-state index is 13.6. The van der Waals surface area contributed by atoms with Crippen LogP contribution in [0.2, 0.25) is 0 Å². The summed E-state index contributed by atoms with van der Waals surface area (Å²) in [4.78, 5) is 0. The second kappa shape index (κ2) is 6.94. The summed E-state index contributed by atoms with van der Waals surface area (Å²) in [6, 6.07) is 8.74. The molecule has 0 bridgehead atoms. The second-order valence-electron chi connectivity index (χ2n) is 5.65. The molecule has 1 atom stereocenters. The third kappa shape index (κ3) is 3.63. The number of aryl methyl sites for hydroxylation is 2. The maximum Gasteiger partial charge on any atom is 0.176 e.